The Morgan fingerprint density at radius 2 is 1.84 bits per heavy atom. The van der Waals surface area contributed by atoms with Gasteiger partial charge in [0.2, 0.25) is 5.36 Å². The first-order valence-electron chi connectivity index (χ1n) is 11.2. The molecule has 0 aliphatic carbocycles. The molecule has 1 N–H and O–H groups in total. The van der Waals surface area contributed by atoms with Crippen LogP contribution < -0.4 is 22.3 Å². The van der Waals surface area contributed by atoms with Crippen molar-refractivity contribution in [3.8, 4) is 0 Å². The highest BCUT2D eigenvalue weighted by Gasteiger charge is 2.38. The van der Waals surface area contributed by atoms with E-state index >= 15 is 0 Å². The zero-order chi connectivity index (χ0) is 21.0. The number of aliphatic hydroxyl groups excluding tert-OH is 1. The SMILES string of the molecule is CCn1/c(=c2/ccc3c(c2)C(C)CC(C)(C)[N+]=3CCO)c2cccc3cccc1c32.[Cl-]. The number of hydrogen-bond acceptors (Lipinski definition) is 1. The Bertz CT molecular complexity index is 1410. The Hall–Kier alpha value is -2.36. The molecule has 0 spiro atoms. The second kappa shape index (κ2) is 7.96. The Morgan fingerprint density at radius 3 is 2.55 bits per heavy atom. The zero-order valence-electron chi connectivity index (χ0n) is 18.8. The smallest absolute Gasteiger partial charge is 0.203 e. The number of benzene rings is 3. The molecular weight excluding hydrogens is 404 g/mol. The van der Waals surface area contributed by atoms with Gasteiger partial charge in [-0.25, -0.2) is 4.58 Å². The van der Waals surface area contributed by atoms with Crippen molar-refractivity contribution in [1.29, 1.82) is 0 Å². The van der Waals surface area contributed by atoms with Gasteiger partial charge in [0.1, 0.15) is 6.61 Å². The molecule has 0 saturated heterocycles. The summed E-state index contributed by atoms with van der Waals surface area (Å²) in [6.07, 6.45) is 1.09. The third-order valence-corrected chi connectivity index (χ3v) is 7.00. The number of aromatic nitrogens is 1. The van der Waals surface area contributed by atoms with Crippen LogP contribution in [0.25, 0.3) is 21.7 Å². The van der Waals surface area contributed by atoms with Crippen molar-refractivity contribution in [3.63, 3.8) is 0 Å². The van der Waals surface area contributed by atoms with Crippen LogP contribution in [-0.2, 0) is 6.54 Å². The van der Waals surface area contributed by atoms with Crippen molar-refractivity contribution in [2.75, 3.05) is 13.2 Å². The maximum atomic E-state index is 9.67. The molecule has 0 fully saturated rings. The zero-order valence-corrected chi connectivity index (χ0v) is 19.6. The Morgan fingerprint density at radius 1 is 1.10 bits per heavy atom. The van der Waals surface area contributed by atoms with Crippen molar-refractivity contribution >= 4 is 21.7 Å². The van der Waals surface area contributed by atoms with Crippen LogP contribution in [-0.4, -0.2) is 28.4 Å². The van der Waals surface area contributed by atoms with E-state index in [1.165, 1.54) is 43.2 Å². The van der Waals surface area contributed by atoms with Gasteiger partial charge < -0.3 is 22.1 Å². The monoisotopic (exact) mass is 434 g/mol. The van der Waals surface area contributed by atoms with E-state index < -0.39 is 0 Å². The third kappa shape index (κ3) is 3.26. The van der Waals surface area contributed by atoms with Gasteiger partial charge in [-0.3, -0.25) is 0 Å². The maximum absolute atomic E-state index is 9.67. The second-order valence-corrected chi connectivity index (χ2v) is 9.34. The Balaban J connectivity index is 0.00000231. The summed E-state index contributed by atoms with van der Waals surface area (Å²) in [7, 11) is 0. The maximum Gasteiger partial charge on any atom is 0.203 e. The van der Waals surface area contributed by atoms with Crippen molar-refractivity contribution in [2.24, 2.45) is 0 Å². The highest BCUT2D eigenvalue weighted by atomic mass is 35.5. The van der Waals surface area contributed by atoms with Gasteiger partial charge in [-0.2, -0.15) is 0 Å². The molecule has 5 rings (SSSR count). The van der Waals surface area contributed by atoms with Crippen molar-refractivity contribution in [1.82, 2.24) is 9.14 Å². The van der Waals surface area contributed by atoms with E-state index in [1.807, 2.05) is 0 Å². The van der Waals surface area contributed by atoms with Gasteiger partial charge in [-0.15, -0.1) is 0 Å². The molecule has 162 valence electrons. The fourth-order valence-corrected chi connectivity index (χ4v) is 5.81. The number of fused-ring (bicyclic) bond motifs is 1. The van der Waals surface area contributed by atoms with E-state index in [0.717, 1.165) is 13.0 Å². The summed E-state index contributed by atoms with van der Waals surface area (Å²) in [6.45, 7) is 10.9. The van der Waals surface area contributed by atoms with Crippen LogP contribution in [0.4, 0.5) is 0 Å². The van der Waals surface area contributed by atoms with Gasteiger partial charge in [0.15, 0.2) is 12.1 Å². The van der Waals surface area contributed by atoms with Gasteiger partial charge in [0.05, 0.1) is 5.35 Å². The van der Waals surface area contributed by atoms with Crippen molar-refractivity contribution < 1.29 is 17.5 Å². The van der Waals surface area contributed by atoms with Crippen LogP contribution in [0.1, 0.15) is 45.6 Å². The molecule has 4 heteroatoms. The second-order valence-electron chi connectivity index (χ2n) is 9.34. The minimum atomic E-state index is 0. The third-order valence-electron chi connectivity index (χ3n) is 7.00. The Kier molecular flexibility index (Phi) is 5.61. The molecule has 1 aliphatic rings. The molecular formula is C27H31ClN2O. The predicted molar refractivity (Wildman–Crippen MR) is 125 cm³/mol. The summed E-state index contributed by atoms with van der Waals surface area (Å²) >= 11 is 0. The summed E-state index contributed by atoms with van der Waals surface area (Å²) in [5.74, 6) is 0.486. The predicted octanol–water partition coefficient (Wildman–Crippen LogP) is 1.59. The van der Waals surface area contributed by atoms with E-state index in [9.17, 15) is 5.11 Å². The van der Waals surface area contributed by atoms with Gasteiger partial charge in [0, 0.05) is 40.9 Å². The molecule has 0 bridgehead atoms. The molecule has 4 aromatic rings. The normalized spacial score (nSPS) is 18.9. The summed E-state index contributed by atoms with van der Waals surface area (Å²) in [5, 5.41) is 17.6. The summed E-state index contributed by atoms with van der Waals surface area (Å²) in [5.41, 5.74) is 2.76. The summed E-state index contributed by atoms with van der Waals surface area (Å²) in [4.78, 5) is 0. The molecule has 1 atom stereocenters. The number of aliphatic hydroxyl groups is 1. The van der Waals surface area contributed by atoms with Crippen LogP contribution >= 0.6 is 0 Å². The van der Waals surface area contributed by atoms with Gasteiger partial charge in [0.25, 0.3) is 0 Å². The van der Waals surface area contributed by atoms with Crippen LogP contribution in [0, 0.1) is 10.6 Å². The Labute approximate surface area is 189 Å². The molecule has 2 heterocycles. The molecule has 3 aromatic carbocycles. The molecule has 0 saturated carbocycles. The lowest BCUT2D eigenvalue weighted by Crippen LogP contribution is -3.00. The first-order valence-corrected chi connectivity index (χ1v) is 11.2. The number of aryl methyl sites for hydroxylation is 1. The average Bonchev–Trinajstić information content (AvgIpc) is 3.06. The fraction of sp³-hybridized carbons (Fsp3) is 0.370. The van der Waals surface area contributed by atoms with Gasteiger partial charge in [-0.05, 0) is 55.5 Å². The van der Waals surface area contributed by atoms with Crippen LogP contribution in [0.15, 0.2) is 54.6 Å². The minimum absolute atomic E-state index is 0. The van der Waals surface area contributed by atoms with E-state index in [1.54, 1.807) is 0 Å². The number of hydrogen-bond donors (Lipinski definition) is 1. The topological polar surface area (TPSA) is 28.2 Å². The average molecular weight is 435 g/mol. The molecule has 3 nitrogen and oxygen atoms in total. The van der Waals surface area contributed by atoms with Crippen molar-refractivity contribution in [2.45, 2.75) is 52.1 Å². The van der Waals surface area contributed by atoms with E-state index in [4.69, 9.17) is 0 Å². The number of rotatable bonds is 3. The lowest BCUT2D eigenvalue weighted by atomic mass is 9.82. The van der Waals surface area contributed by atoms with Crippen molar-refractivity contribution in [3.05, 3.63) is 76.1 Å². The van der Waals surface area contributed by atoms with Gasteiger partial charge >= 0.3 is 0 Å². The minimum Gasteiger partial charge on any atom is -1.00 e. The molecule has 1 unspecified atom stereocenters. The molecule has 0 amide bonds. The molecule has 31 heavy (non-hydrogen) atoms. The molecule has 1 aromatic heterocycles. The largest absolute Gasteiger partial charge is 1.00 e. The fourth-order valence-electron chi connectivity index (χ4n) is 5.81. The van der Waals surface area contributed by atoms with Crippen LogP contribution in [0.2, 0.25) is 0 Å². The molecule has 1 aliphatic heterocycles. The lowest BCUT2D eigenvalue weighted by molar-refractivity contribution is -0.00000761. The number of nitrogens with zero attached hydrogens (tertiary/aromatic N) is 2. The number of β-amino-alcohol motifs (C(OH)–C–C–N with tert-alkyl or cyclic N) is 1. The van der Waals surface area contributed by atoms with E-state index in [2.05, 4.69) is 91.4 Å². The summed E-state index contributed by atoms with van der Waals surface area (Å²) < 4.78 is 4.85. The number of halogens is 1. The van der Waals surface area contributed by atoms with Crippen LogP contribution in [0.3, 0.4) is 0 Å². The lowest BCUT2D eigenvalue weighted by Gasteiger charge is -2.30. The first-order chi connectivity index (χ1) is 14.5. The molecule has 0 radical (unpaired) electrons. The highest BCUT2D eigenvalue weighted by molar-refractivity contribution is 6.09. The standard InChI is InChI=1S/C27H31N2O.ClH/c1-5-28-24-11-7-9-19-8-6-10-21(25(19)24)26(28)20-12-13-23-22(16-20)18(2)17-27(3,4)29(23)14-15-30;/h6-13,16,18,30H,5,14-15,17H2,1-4H3;1H/q+1;/p-1. The quantitative estimate of drug-likeness (QED) is 0.487. The van der Waals surface area contributed by atoms with Crippen LogP contribution in [0.5, 0.6) is 0 Å². The van der Waals surface area contributed by atoms with Gasteiger partial charge in [-0.1, -0.05) is 37.3 Å². The van der Waals surface area contributed by atoms with E-state index in [-0.39, 0.29) is 24.6 Å². The highest BCUT2D eigenvalue weighted by Crippen LogP contribution is 2.32. The first kappa shape index (κ1) is 21.9. The summed E-state index contributed by atoms with van der Waals surface area (Å²) in [6, 6.07) is 20.2. The van der Waals surface area contributed by atoms with E-state index in [0.29, 0.717) is 12.5 Å².